The molecule has 1 N–H and O–H groups in total. The highest BCUT2D eigenvalue weighted by atomic mass is 19.1. The van der Waals surface area contributed by atoms with Gasteiger partial charge < -0.3 is 5.11 Å². The number of hydrogen-bond donors (Lipinski definition) is 1. The Morgan fingerprint density at radius 3 is 2.20 bits per heavy atom. The first-order valence-corrected chi connectivity index (χ1v) is 6.53. The van der Waals surface area contributed by atoms with E-state index < -0.39 is 23.2 Å². The van der Waals surface area contributed by atoms with Crippen molar-refractivity contribution in [2.75, 3.05) is 0 Å². The number of hydrogen-bond acceptors (Lipinski definition) is 1. The third-order valence-corrected chi connectivity index (χ3v) is 3.77. The van der Waals surface area contributed by atoms with Crippen LogP contribution < -0.4 is 0 Å². The number of aliphatic hydroxyl groups excluding tert-OH is 1. The van der Waals surface area contributed by atoms with E-state index in [0.29, 0.717) is 0 Å². The molecule has 0 saturated carbocycles. The van der Waals surface area contributed by atoms with Crippen LogP contribution in [0, 0.1) is 18.6 Å². The molecule has 0 fully saturated rings. The first-order chi connectivity index (χ1) is 9.34. The molecule has 0 heterocycles. The lowest BCUT2D eigenvalue weighted by Gasteiger charge is -2.31. The summed E-state index contributed by atoms with van der Waals surface area (Å²) < 4.78 is 27.6. The lowest BCUT2D eigenvalue weighted by Crippen LogP contribution is -2.27. The molecule has 0 bridgehead atoms. The molecule has 106 valence electrons. The molecule has 0 saturated heterocycles. The predicted molar refractivity (Wildman–Crippen MR) is 75.5 cm³/mol. The summed E-state index contributed by atoms with van der Waals surface area (Å²) in [5, 5.41) is 10.5. The Morgan fingerprint density at radius 1 is 1.00 bits per heavy atom. The van der Waals surface area contributed by atoms with Crippen LogP contribution in [0.25, 0.3) is 0 Å². The minimum atomic E-state index is -1.13. The van der Waals surface area contributed by atoms with Crippen LogP contribution in [0.1, 0.15) is 36.6 Å². The first kappa shape index (κ1) is 14.7. The molecule has 0 aromatic heterocycles. The molecule has 2 aromatic carbocycles. The van der Waals surface area contributed by atoms with E-state index in [4.69, 9.17) is 0 Å². The summed E-state index contributed by atoms with van der Waals surface area (Å²) in [5.74, 6) is -1.09. The normalized spacial score (nSPS) is 13.3. The average Bonchev–Trinajstić information content (AvgIpc) is 2.43. The van der Waals surface area contributed by atoms with Gasteiger partial charge in [0.05, 0.1) is 6.10 Å². The van der Waals surface area contributed by atoms with Gasteiger partial charge in [-0.15, -0.1) is 0 Å². The summed E-state index contributed by atoms with van der Waals surface area (Å²) in [6, 6.07) is 11.5. The maximum Gasteiger partial charge on any atom is 0.129 e. The van der Waals surface area contributed by atoms with Crippen molar-refractivity contribution in [3.05, 3.63) is 70.8 Å². The number of halogens is 2. The fourth-order valence-electron chi connectivity index (χ4n) is 2.29. The van der Waals surface area contributed by atoms with Gasteiger partial charge >= 0.3 is 0 Å². The van der Waals surface area contributed by atoms with E-state index in [-0.39, 0.29) is 11.1 Å². The smallest absolute Gasteiger partial charge is 0.129 e. The van der Waals surface area contributed by atoms with E-state index in [0.717, 1.165) is 17.7 Å². The SMILES string of the molecule is Cc1cc(F)c(C(O)C(C)(C)c2ccccc2)cc1F. The number of rotatable bonds is 3. The molecule has 3 heteroatoms. The summed E-state index contributed by atoms with van der Waals surface area (Å²) in [4.78, 5) is 0. The van der Waals surface area contributed by atoms with Crippen molar-refractivity contribution < 1.29 is 13.9 Å². The van der Waals surface area contributed by atoms with Crippen LogP contribution in [0.3, 0.4) is 0 Å². The molecular formula is C17H18F2O. The zero-order chi connectivity index (χ0) is 14.9. The molecule has 1 atom stereocenters. The Labute approximate surface area is 117 Å². The predicted octanol–water partition coefficient (Wildman–Crippen LogP) is 4.28. The molecule has 0 amide bonds. The molecule has 0 aliphatic rings. The van der Waals surface area contributed by atoms with Crippen LogP contribution in [0.15, 0.2) is 42.5 Å². The number of aryl methyl sites for hydroxylation is 1. The van der Waals surface area contributed by atoms with Crippen LogP contribution in [-0.2, 0) is 5.41 Å². The second-order valence-electron chi connectivity index (χ2n) is 5.61. The molecule has 0 aliphatic carbocycles. The van der Waals surface area contributed by atoms with Crippen molar-refractivity contribution in [1.82, 2.24) is 0 Å². The summed E-state index contributed by atoms with van der Waals surface area (Å²) in [7, 11) is 0. The van der Waals surface area contributed by atoms with Crippen molar-refractivity contribution >= 4 is 0 Å². The molecule has 2 aromatic rings. The zero-order valence-electron chi connectivity index (χ0n) is 11.8. The maximum atomic E-state index is 14.0. The molecule has 2 rings (SSSR count). The lowest BCUT2D eigenvalue weighted by atomic mass is 9.76. The Balaban J connectivity index is 2.45. The van der Waals surface area contributed by atoms with Crippen LogP contribution in [-0.4, -0.2) is 5.11 Å². The van der Waals surface area contributed by atoms with E-state index in [1.807, 2.05) is 44.2 Å². The Kier molecular flexibility index (Phi) is 3.91. The van der Waals surface area contributed by atoms with Crippen LogP contribution in [0.4, 0.5) is 8.78 Å². The fraction of sp³-hybridized carbons (Fsp3) is 0.294. The number of aliphatic hydroxyl groups is 1. The van der Waals surface area contributed by atoms with Gasteiger partial charge in [0, 0.05) is 11.0 Å². The first-order valence-electron chi connectivity index (χ1n) is 6.53. The summed E-state index contributed by atoms with van der Waals surface area (Å²) in [6.45, 7) is 5.12. The largest absolute Gasteiger partial charge is 0.387 e. The van der Waals surface area contributed by atoms with Gasteiger partial charge in [0.15, 0.2) is 0 Å². The van der Waals surface area contributed by atoms with E-state index in [2.05, 4.69) is 0 Å². The van der Waals surface area contributed by atoms with E-state index in [1.54, 1.807) is 0 Å². The van der Waals surface area contributed by atoms with Crippen LogP contribution >= 0.6 is 0 Å². The van der Waals surface area contributed by atoms with Crippen LogP contribution in [0.5, 0.6) is 0 Å². The van der Waals surface area contributed by atoms with Crippen molar-refractivity contribution in [3.8, 4) is 0 Å². The molecule has 0 spiro atoms. The summed E-state index contributed by atoms with van der Waals surface area (Å²) in [6.07, 6.45) is -1.13. The average molecular weight is 276 g/mol. The highest BCUT2D eigenvalue weighted by Gasteiger charge is 2.33. The Morgan fingerprint density at radius 2 is 1.60 bits per heavy atom. The maximum absolute atomic E-state index is 14.0. The highest BCUT2D eigenvalue weighted by molar-refractivity contribution is 5.33. The van der Waals surface area contributed by atoms with Gasteiger partial charge in [0.25, 0.3) is 0 Å². The third kappa shape index (κ3) is 2.59. The van der Waals surface area contributed by atoms with Gasteiger partial charge in [-0.2, -0.15) is 0 Å². The highest BCUT2D eigenvalue weighted by Crippen LogP contribution is 2.38. The van der Waals surface area contributed by atoms with Gasteiger partial charge in [-0.1, -0.05) is 44.2 Å². The molecule has 20 heavy (non-hydrogen) atoms. The van der Waals surface area contributed by atoms with Gasteiger partial charge in [-0.05, 0) is 30.2 Å². The lowest BCUT2D eigenvalue weighted by molar-refractivity contribution is 0.0962. The minimum Gasteiger partial charge on any atom is -0.387 e. The second kappa shape index (κ2) is 5.33. The van der Waals surface area contributed by atoms with E-state index in [9.17, 15) is 13.9 Å². The Hall–Kier alpha value is -1.74. The minimum absolute atomic E-state index is 0.0121. The van der Waals surface area contributed by atoms with Gasteiger partial charge in [0.2, 0.25) is 0 Å². The monoisotopic (exact) mass is 276 g/mol. The molecular weight excluding hydrogens is 258 g/mol. The van der Waals surface area contributed by atoms with Crippen LogP contribution in [0.2, 0.25) is 0 Å². The Bertz CT molecular complexity index is 606. The summed E-state index contributed by atoms with van der Waals surface area (Å²) >= 11 is 0. The topological polar surface area (TPSA) is 20.2 Å². The zero-order valence-corrected chi connectivity index (χ0v) is 11.8. The van der Waals surface area contributed by atoms with Crippen molar-refractivity contribution in [3.63, 3.8) is 0 Å². The molecule has 0 aliphatic heterocycles. The standard InChI is InChI=1S/C17H18F2O/c1-11-9-15(19)13(10-14(11)18)16(20)17(2,3)12-7-5-4-6-8-12/h4-10,16,20H,1-3H3. The molecule has 0 radical (unpaired) electrons. The van der Waals surface area contributed by atoms with Gasteiger partial charge in [-0.3, -0.25) is 0 Å². The number of benzene rings is 2. The third-order valence-electron chi connectivity index (χ3n) is 3.77. The summed E-state index contributed by atoms with van der Waals surface area (Å²) in [5.41, 5.74) is 0.370. The van der Waals surface area contributed by atoms with Crippen molar-refractivity contribution in [2.24, 2.45) is 0 Å². The van der Waals surface area contributed by atoms with Gasteiger partial charge in [0.1, 0.15) is 11.6 Å². The van der Waals surface area contributed by atoms with Crippen molar-refractivity contribution in [1.29, 1.82) is 0 Å². The fourth-order valence-corrected chi connectivity index (χ4v) is 2.29. The van der Waals surface area contributed by atoms with Crippen molar-refractivity contribution in [2.45, 2.75) is 32.3 Å². The van der Waals surface area contributed by atoms with E-state index in [1.165, 1.54) is 6.92 Å². The molecule has 1 nitrogen and oxygen atoms in total. The molecule has 1 unspecified atom stereocenters. The quantitative estimate of drug-likeness (QED) is 0.887. The second-order valence-corrected chi connectivity index (χ2v) is 5.61. The van der Waals surface area contributed by atoms with Gasteiger partial charge in [-0.25, -0.2) is 8.78 Å². The van der Waals surface area contributed by atoms with E-state index >= 15 is 0 Å².